The molecule has 0 aliphatic rings. The molecule has 0 saturated carbocycles. The number of aryl methyl sites for hydroxylation is 1. The van der Waals surface area contributed by atoms with Crippen LogP contribution < -0.4 is 10.1 Å². The molecular weight excluding hydrogens is 245 g/mol. The molecule has 0 amide bonds. The average Bonchev–Trinajstić information content (AvgIpc) is 2.36. The summed E-state index contributed by atoms with van der Waals surface area (Å²) in [5.74, 6) is 0.248. The van der Waals surface area contributed by atoms with Gasteiger partial charge in [-0.15, -0.1) is 0 Å². The monoisotopic (exact) mass is 261 g/mol. The van der Waals surface area contributed by atoms with Gasteiger partial charge in [-0.25, -0.2) is 4.39 Å². The van der Waals surface area contributed by atoms with Gasteiger partial charge in [-0.05, 0) is 36.8 Å². The Morgan fingerprint density at radius 1 is 1.26 bits per heavy atom. The minimum absolute atomic E-state index is 0.102. The van der Waals surface area contributed by atoms with Gasteiger partial charge in [0, 0.05) is 17.8 Å². The van der Waals surface area contributed by atoms with E-state index in [1.807, 2.05) is 13.0 Å². The van der Waals surface area contributed by atoms with Gasteiger partial charge in [0.05, 0.1) is 7.11 Å². The zero-order valence-corrected chi connectivity index (χ0v) is 10.9. The van der Waals surface area contributed by atoms with Crippen LogP contribution >= 0.6 is 0 Å². The number of halogens is 1. The van der Waals surface area contributed by atoms with Crippen LogP contribution in [-0.4, -0.2) is 12.2 Å². The van der Waals surface area contributed by atoms with Gasteiger partial charge >= 0.3 is 0 Å². The Hall–Kier alpha value is -2.23. The standard InChI is InChI=1S/C15H16FNO2/c1-10-6-12(16)8-13(7-10)17-9-11-4-3-5-14(19-2)15(11)18/h3-8,17-18H,9H2,1-2H3. The lowest BCUT2D eigenvalue weighted by Crippen LogP contribution is -2.01. The van der Waals surface area contributed by atoms with Crippen molar-refractivity contribution in [2.24, 2.45) is 0 Å². The van der Waals surface area contributed by atoms with E-state index < -0.39 is 0 Å². The summed E-state index contributed by atoms with van der Waals surface area (Å²) in [6.07, 6.45) is 0. The highest BCUT2D eigenvalue weighted by molar-refractivity contribution is 5.50. The lowest BCUT2D eigenvalue weighted by molar-refractivity contribution is 0.371. The number of hydrogen-bond acceptors (Lipinski definition) is 3. The first-order chi connectivity index (χ1) is 9.10. The molecule has 2 N–H and O–H groups in total. The molecule has 100 valence electrons. The van der Waals surface area contributed by atoms with Crippen LogP contribution in [0.5, 0.6) is 11.5 Å². The van der Waals surface area contributed by atoms with E-state index in [0.29, 0.717) is 23.5 Å². The molecule has 0 unspecified atom stereocenters. The lowest BCUT2D eigenvalue weighted by atomic mass is 10.1. The molecule has 19 heavy (non-hydrogen) atoms. The van der Waals surface area contributed by atoms with Crippen molar-refractivity contribution in [3.63, 3.8) is 0 Å². The second-order valence-electron chi connectivity index (χ2n) is 4.34. The number of phenolic OH excluding ortho intramolecular Hbond substituents is 1. The van der Waals surface area contributed by atoms with Crippen molar-refractivity contribution >= 4 is 5.69 Å². The number of rotatable bonds is 4. The Morgan fingerprint density at radius 2 is 2.05 bits per heavy atom. The normalized spacial score (nSPS) is 10.3. The molecule has 2 aromatic carbocycles. The molecular formula is C15H16FNO2. The molecule has 2 aromatic rings. The van der Waals surface area contributed by atoms with Crippen molar-refractivity contribution in [3.8, 4) is 11.5 Å². The predicted molar refractivity (Wildman–Crippen MR) is 73.1 cm³/mol. The molecule has 2 rings (SSSR count). The Labute approximate surface area is 111 Å². The molecule has 0 atom stereocenters. The Kier molecular flexibility index (Phi) is 3.90. The Morgan fingerprint density at radius 3 is 2.74 bits per heavy atom. The van der Waals surface area contributed by atoms with E-state index in [4.69, 9.17) is 4.74 Å². The largest absolute Gasteiger partial charge is 0.504 e. The second-order valence-corrected chi connectivity index (χ2v) is 4.34. The molecule has 0 aliphatic carbocycles. The van der Waals surface area contributed by atoms with E-state index in [1.54, 1.807) is 18.2 Å². The van der Waals surface area contributed by atoms with E-state index >= 15 is 0 Å². The van der Waals surface area contributed by atoms with E-state index in [-0.39, 0.29) is 11.6 Å². The van der Waals surface area contributed by atoms with Gasteiger partial charge in [0.2, 0.25) is 0 Å². The predicted octanol–water partition coefficient (Wildman–Crippen LogP) is 3.46. The summed E-state index contributed by atoms with van der Waals surface area (Å²) in [5, 5.41) is 13.0. The van der Waals surface area contributed by atoms with Gasteiger partial charge in [-0.2, -0.15) is 0 Å². The molecule has 0 bridgehead atoms. The van der Waals surface area contributed by atoms with Gasteiger partial charge < -0.3 is 15.2 Å². The summed E-state index contributed by atoms with van der Waals surface area (Å²) in [7, 11) is 1.50. The van der Waals surface area contributed by atoms with Gasteiger partial charge in [0.15, 0.2) is 11.5 Å². The van der Waals surface area contributed by atoms with Crippen LogP contribution in [0.2, 0.25) is 0 Å². The number of ether oxygens (including phenoxy) is 1. The maximum Gasteiger partial charge on any atom is 0.162 e. The smallest absolute Gasteiger partial charge is 0.162 e. The molecule has 3 nitrogen and oxygen atoms in total. The first-order valence-electron chi connectivity index (χ1n) is 5.96. The summed E-state index contributed by atoms with van der Waals surface area (Å²) in [6, 6.07) is 10.0. The molecule has 0 aliphatic heterocycles. The number of anilines is 1. The van der Waals surface area contributed by atoms with Crippen molar-refractivity contribution in [3.05, 3.63) is 53.3 Å². The molecule has 0 saturated heterocycles. The molecule has 0 heterocycles. The number of phenols is 1. The number of nitrogens with one attached hydrogen (secondary N) is 1. The van der Waals surface area contributed by atoms with Crippen LogP contribution in [0.25, 0.3) is 0 Å². The SMILES string of the molecule is COc1cccc(CNc2cc(C)cc(F)c2)c1O. The van der Waals surface area contributed by atoms with Crippen molar-refractivity contribution in [2.75, 3.05) is 12.4 Å². The molecule has 0 fully saturated rings. The summed E-state index contributed by atoms with van der Waals surface area (Å²) in [5.41, 5.74) is 2.22. The lowest BCUT2D eigenvalue weighted by Gasteiger charge is -2.11. The highest BCUT2D eigenvalue weighted by atomic mass is 19.1. The van der Waals surface area contributed by atoms with Crippen molar-refractivity contribution in [2.45, 2.75) is 13.5 Å². The summed E-state index contributed by atoms with van der Waals surface area (Å²) >= 11 is 0. The molecule has 0 radical (unpaired) electrons. The minimum Gasteiger partial charge on any atom is -0.504 e. The average molecular weight is 261 g/mol. The fourth-order valence-electron chi connectivity index (χ4n) is 1.91. The van der Waals surface area contributed by atoms with Crippen molar-refractivity contribution in [1.82, 2.24) is 0 Å². The van der Waals surface area contributed by atoms with Gasteiger partial charge in [0.1, 0.15) is 5.82 Å². The van der Waals surface area contributed by atoms with Gasteiger partial charge in [-0.1, -0.05) is 12.1 Å². The maximum absolute atomic E-state index is 13.2. The number of para-hydroxylation sites is 1. The van der Waals surface area contributed by atoms with Crippen LogP contribution in [-0.2, 0) is 6.54 Å². The fourth-order valence-corrected chi connectivity index (χ4v) is 1.91. The van der Waals surface area contributed by atoms with E-state index in [1.165, 1.54) is 19.2 Å². The summed E-state index contributed by atoms with van der Waals surface area (Å²) in [6.45, 7) is 2.23. The van der Waals surface area contributed by atoms with Gasteiger partial charge in [0.25, 0.3) is 0 Å². The number of aromatic hydroxyl groups is 1. The van der Waals surface area contributed by atoms with Crippen LogP contribution in [0.15, 0.2) is 36.4 Å². The number of methoxy groups -OCH3 is 1. The van der Waals surface area contributed by atoms with Crippen LogP contribution in [0, 0.1) is 12.7 Å². The zero-order valence-electron chi connectivity index (χ0n) is 10.9. The minimum atomic E-state index is -0.280. The summed E-state index contributed by atoms with van der Waals surface area (Å²) < 4.78 is 18.3. The number of hydrogen-bond donors (Lipinski definition) is 2. The quantitative estimate of drug-likeness (QED) is 0.885. The van der Waals surface area contributed by atoms with Crippen LogP contribution in [0.1, 0.15) is 11.1 Å². The third-order valence-electron chi connectivity index (χ3n) is 2.83. The summed E-state index contributed by atoms with van der Waals surface area (Å²) in [4.78, 5) is 0. The van der Waals surface area contributed by atoms with E-state index in [0.717, 1.165) is 5.56 Å². The Balaban J connectivity index is 2.14. The van der Waals surface area contributed by atoms with Gasteiger partial charge in [-0.3, -0.25) is 0 Å². The third-order valence-corrected chi connectivity index (χ3v) is 2.83. The van der Waals surface area contributed by atoms with Crippen molar-refractivity contribution < 1.29 is 14.2 Å². The molecule has 4 heteroatoms. The first kappa shape index (κ1) is 13.2. The first-order valence-corrected chi connectivity index (χ1v) is 5.96. The maximum atomic E-state index is 13.2. The second kappa shape index (κ2) is 5.61. The van der Waals surface area contributed by atoms with Crippen LogP contribution in [0.3, 0.4) is 0 Å². The highest BCUT2D eigenvalue weighted by Gasteiger charge is 2.07. The van der Waals surface area contributed by atoms with E-state index in [2.05, 4.69) is 5.32 Å². The van der Waals surface area contributed by atoms with Crippen molar-refractivity contribution in [1.29, 1.82) is 0 Å². The Bertz CT molecular complexity index is 564. The number of benzene rings is 2. The molecule has 0 spiro atoms. The highest BCUT2D eigenvalue weighted by Crippen LogP contribution is 2.29. The third kappa shape index (κ3) is 3.16. The molecule has 0 aromatic heterocycles. The van der Waals surface area contributed by atoms with E-state index in [9.17, 15) is 9.50 Å². The topological polar surface area (TPSA) is 41.5 Å². The zero-order chi connectivity index (χ0) is 13.8. The fraction of sp³-hybridized carbons (Fsp3) is 0.200. The van der Waals surface area contributed by atoms with Crippen LogP contribution in [0.4, 0.5) is 10.1 Å².